The van der Waals surface area contributed by atoms with Crippen LogP contribution in [0.4, 0.5) is 23.8 Å². The molecule has 0 unspecified atom stereocenters. The summed E-state index contributed by atoms with van der Waals surface area (Å²) in [5.74, 6) is 0.628. The molecular weight excluding hydrogens is 349 g/mol. The predicted molar refractivity (Wildman–Crippen MR) is 86.0 cm³/mol. The highest BCUT2D eigenvalue weighted by Crippen LogP contribution is 2.67. The lowest BCUT2D eigenvalue weighted by Crippen LogP contribution is -2.56. The van der Waals surface area contributed by atoms with Crippen LogP contribution in [0.25, 0.3) is 0 Å². The molecule has 1 aliphatic carbocycles. The van der Waals surface area contributed by atoms with E-state index in [9.17, 15) is 23.1 Å². The van der Waals surface area contributed by atoms with Crippen molar-refractivity contribution in [2.24, 2.45) is 16.7 Å². The van der Waals surface area contributed by atoms with Crippen LogP contribution >= 0.6 is 0 Å². The molecule has 0 aromatic carbocycles. The summed E-state index contributed by atoms with van der Waals surface area (Å²) in [4.78, 5) is 12.9. The fourth-order valence-corrected chi connectivity index (χ4v) is 4.14. The Morgan fingerprint density at radius 2 is 2.04 bits per heavy atom. The number of carbonyl (C=O) groups excluding carboxylic acids is 1. The van der Waals surface area contributed by atoms with Crippen molar-refractivity contribution in [2.75, 3.05) is 18.4 Å². The van der Waals surface area contributed by atoms with E-state index in [0.717, 1.165) is 12.5 Å². The summed E-state index contributed by atoms with van der Waals surface area (Å²) in [7, 11) is 0. The Kier molecular flexibility index (Phi) is 4.31. The van der Waals surface area contributed by atoms with Crippen molar-refractivity contribution in [3.05, 3.63) is 17.8 Å². The molecule has 0 spiro atoms. The number of halogens is 3. The lowest BCUT2D eigenvalue weighted by atomic mass is 9.73. The summed E-state index contributed by atoms with van der Waals surface area (Å²) in [6.45, 7) is 7.05. The molecule has 2 heterocycles. The minimum atomic E-state index is -4.54. The fourth-order valence-electron chi connectivity index (χ4n) is 4.14. The van der Waals surface area contributed by atoms with E-state index in [1.807, 2.05) is 0 Å². The van der Waals surface area contributed by atoms with Crippen molar-refractivity contribution in [3.8, 4) is 0 Å². The Morgan fingerprint density at radius 3 is 2.54 bits per heavy atom. The van der Waals surface area contributed by atoms with E-state index in [1.165, 1.54) is 11.0 Å². The molecule has 3 rings (SSSR count). The molecule has 2 fully saturated rings. The van der Waals surface area contributed by atoms with Crippen molar-refractivity contribution in [3.63, 3.8) is 0 Å². The number of piperidine rings is 1. The predicted octanol–water partition coefficient (Wildman–Crippen LogP) is 2.38. The molecular formula is C17H22F3N4O2-. The average molecular weight is 371 g/mol. The molecule has 1 amide bonds. The van der Waals surface area contributed by atoms with Crippen LogP contribution in [0, 0.1) is 16.7 Å². The first-order valence-corrected chi connectivity index (χ1v) is 8.56. The van der Waals surface area contributed by atoms with Gasteiger partial charge in [0.05, 0.1) is 0 Å². The molecule has 1 saturated heterocycles. The van der Waals surface area contributed by atoms with Gasteiger partial charge in [0.1, 0.15) is 11.9 Å². The number of hydrogen-bond acceptors (Lipinski definition) is 5. The summed E-state index contributed by atoms with van der Waals surface area (Å²) >= 11 is 0. The molecule has 26 heavy (non-hydrogen) atoms. The summed E-state index contributed by atoms with van der Waals surface area (Å²) in [6.07, 6.45) is -4.07. The average Bonchev–Trinajstić information content (AvgIpc) is 3.26. The van der Waals surface area contributed by atoms with Gasteiger partial charge in [-0.25, -0.2) is 0 Å². The second-order valence-corrected chi connectivity index (χ2v) is 8.27. The van der Waals surface area contributed by atoms with Crippen LogP contribution in [0.5, 0.6) is 0 Å². The Balaban J connectivity index is 1.66. The summed E-state index contributed by atoms with van der Waals surface area (Å²) < 4.78 is 37.5. The quantitative estimate of drug-likeness (QED) is 0.882. The summed E-state index contributed by atoms with van der Waals surface area (Å²) in [5, 5.41) is 21.2. The van der Waals surface area contributed by atoms with Gasteiger partial charge in [-0.05, 0) is 41.7 Å². The highest BCUT2D eigenvalue weighted by Gasteiger charge is 2.64. The molecule has 3 atom stereocenters. The monoisotopic (exact) mass is 371 g/mol. The van der Waals surface area contributed by atoms with E-state index in [2.05, 4.69) is 36.3 Å². The van der Waals surface area contributed by atoms with E-state index in [0.29, 0.717) is 18.9 Å². The number of amides is 1. The van der Waals surface area contributed by atoms with Gasteiger partial charge in [-0.1, -0.05) is 20.8 Å². The number of aromatic nitrogens is 2. The standard InChI is InChI=1S/C17H23F3N4O2/c1-15(2,3)16-7-10(16)6-11(24(9-16)14(25)26)8-21-13-5-4-12(22-23-13)17(18,19)20/h4-5,10-11H,6-9H2,1-3H3,(H,21,23)(H,25,26)/p-1/t10-,11-,16+/m0/s1. The van der Waals surface area contributed by atoms with Crippen LogP contribution in [0.15, 0.2) is 12.1 Å². The van der Waals surface area contributed by atoms with Gasteiger partial charge in [-0.15, -0.1) is 10.2 Å². The smallest absolute Gasteiger partial charge is 0.435 e. The zero-order valence-electron chi connectivity index (χ0n) is 14.9. The number of carbonyl (C=O) groups is 1. The lowest BCUT2D eigenvalue weighted by Gasteiger charge is -2.46. The molecule has 2 aliphatic rings. The number of alkyl halides is 3. The van der Waals surface area contributed by atoms with Gasteiger partial charge in [-0.2, -0.15) is 13.2 Å². The highest BCUT2D eigenvalue weighted by molar-refractivity contribution is 5.64. The third kappa shape index (κ3) is 3.31. The number of anilines is 1. The van der Waals surface area contributed by atoms with Gasteiger partial charge in [-0.3, -0.25) is 0 Å². The van der Waals surface area contributed by atoms with E-state index in [4.69, 9.17) is 0 Å². The molecule has 1 aromatic heterocycles. The van der Waals surface area contributed by atoms with Gasteiger partial charge in [0.15, 0.2) is 5.69 Å². The van der Waals surface area contributed by atoms with Crippen LogP contribution in [0.3, 0.4) is 0 Å². The van der Waals surface area contributed by atoms with Crippen LogP contribution in [-0.4, -0.2) is 40.3 Å². The van der Waals surface area contributed by atoms with Crippen molar-refractivity contribution >= 4 is 11.9 Å². The highest BCUT2D eigenvalue weighted by atomic mass is 19.4. The number of nitrogens with zero attached hydrogens (tertiary/aromatic N) is 3. The van der Waals surface area contributed by atoms with Gasteiger partial charge >= 0.3 is 6.18 Å². The second kappa shape index (κ2) is 5.99. The molecule has 1 aliphatic heterocycles. The summed E-state index contributed by atoms with van der Waals surface area (Å²) in [5.41, 5.74) is -1.08. The van der Waals surface area contributed by atoms with Crippen LogP contribution in [-0.2, 0) is 6.18 Å². The largest absolute Gasteiger partial charge is 0.530 e. The van der Waals surface area contributed by atoms with Gasteiger partial charge < -0.3 is 20.1 Å². The number of fused-ring (bicyclic) bond motifs is 1. The molecule has 0 bridgehead atoms. The zero-order valence-corrected chi connectivity index (χ0v) is 14.9. The molecule has 144 valence electrons. The first kappa shape index (κ1) is 18.7. The Morgan fingerprint density at radius 1 is 1.35 bits per heavy atom. The number of hydrogen-bond donors (Lipinski definition) is 1. The molecule has 9 heteroatoms. The van der Waals surface area contributed by atoms with E-state index < -0.39 is 18.0 Å². The molecule has 6 nitrogen and oxygen atoms in total. The number of rotatable bonds is 3. The van der Waals surface area contributed by atoms with Gasteiger partial charge in [0.2, 0.25) is 0 Å². The molecule has 1 aromatic rings. The van der Waals surface area contributed by atoms with Gasteiger partial charge in [0, 0.05) is 19.1 Å². The first-order valence-electron chi connectivity index (χ1n) is 8.56. The number of likely N-dealkylation sites (tertiary alicyclic amines) is 1. The van der Waals surface area contributed by atoms with Crippen molar-refractivity contribution in [2.45, 2.75) is 45.8 Å². The van der Waals surface area contributed by atoms with E-state index in [1.54, 1.807) is 0 Å². The maximum absolute atomic E-state index is 12.5. The van der Waals surface area contributed by atoms with Crippen LogP contribution in [0.1, 0.15) is 39.3 Å². The fraction of sp³-hybridized carbons (Fsp3) is 0.706. The minimum Gasteiger partial charge on any atom is -0.530 e. The zero-order chi connectivity index (χ0) is 19.3. The lowest BCUT2D eigenvalue weighted by molar-refractivity contribution is -0.270. The second-order valence-electron chi connectivity index (χ2n) is 8.27. The maximum atomic E-state index is 12.5. The molecule has 0 radical (unpaired) electrons. The Bertz CT molecular complexity index is 687. The van der Waals surface area contributed by atoms with E-state index in [-0.39, 0.29) is 29.2 Å². The van der Waals surface area contributed by atoms with Crippen LogP contribution in [0.2, 0.25) is 0 Å². The normalized spacial score (nSPS) is 28.5. The summed E-state index contributed by atoms with van der Waals surface area (Å²) in [6, 6.07) is 1.74. The maximum Gasteiger partial charge on any atom is 0.435 e. The Labute approximate surface area is 149 Å². The van der Waals surface area contributed by atoms with Crippen molar-refractivity contribution in [1.29, 1.82) is 0 Å². The topological polar surface area (TPSA) is 81.2 Å². The number of carboxylic acid groups (broad SMARTS) is 1. The third-order valence-corrected chi connectivity index (χ3v) is 5.88. The van der Waals surface area contributed by atoms with Crippen molar-refractivity contribution in [1.82, 2.24) is 15.1 Å². The number of nitrogens with one attached hydrogen (secondary N) is 1. The first-order chi connectivity index (χ1) is 11.9. The SMILES string of the molecule is CC(C)(C)[C@@]12C[C@@H]1C[C@@H](CNc1ccc(C(F)(F)F)nn1)N(C(=O)[O-])C2. The Hall–Kier alpha value is -2.06. The third-order valence-electron chi connectivity index (χ3n) is 5.88. The molecule has 1 N–H and O–H groups in total. The van der Waals surface area contributed by atoms with Crippen LogP contribution < -0.4 is 10.4 Å². The molecule has 1 saturated carbocycles. The van der Waals surface area contributed by atoms with Crippen molar-refractivity contribution < 1.29 is 23.1 Å². The van der Waals surface area contributed by atoms with E-state index >= 15 is 0 Å². The minimum absolute atomic E-state index is 0.00265. The van der Waals surface area contributed by atoms with Gasteiger partial charge in [0.25, 0.3) is 0 Å².